The van der Waals surface area contributed by atoms with E-state index in [1.165, 1.54) is 0 Å². The molecule has 0 spiro atoms. The fourth-order valence-corrected chi connectivity index (χ4v) is 2.44. The zero-order valence-corrected chi connectivity index (χ0v) is 12.1. The molecular weight excluding hydrogens is 292 g/mol. The van der Waals surface area contributed by atoms with E-state index in [4.69, 9.17) is 0 Å². The lowest BCUT2D eigenvalue weighted by Crippen LogP contribution is -2.35. The molecule has 0 aliphatic heterocycles. The molecule has 0 aromatic heterocycles. The Morgan fingerprint density at radius 1 is 1.41 bits per heavy atom. The quantitative estimate of drug-likeness (QED) is 0.672. The highest BCUT2D eigenvalue weighted by molar-refractivity contribution is 5.85. The zero-order valence-electron chi connectivity index (χ0n) is 12.1. The lowest BCUT2D eigenvalue weighted by molar-refractivity contribution is -0.145. The highest BCUT2D eigenvalue weighted by atomic mass is 19.1. The van der Waals surface area contributed by atoms with Crippen molar-refractivity contribution in [1.82, 2.24) is 5.32 Å². The number of hydrogen-bond donors (Lipinski definition) is 1. The van der Waals surface area contributed by atoms with Crippen LogP contribution < -0.4 is 5.32 Å². The molecule has 22 heavy (non-hydrogen) atoms. The van der Waals surface area contributed by atoms with Gasteiger partial charge in [0.25, 0.3) is 0 Å². The van der Waals surface area contributed by atoms with Gasteiger partial charge in [-0.25, -0.2) is 13.6 Å². The first kappa shape index (κ1) is 16.1. The third-order valence-electron chi connectivity index (χ3n) is 3.57. The molecule has 1 aliphatic rings. The molecule has 0 saturated heterocycles. The van der Waals surface area contributed by atoms with E-state index >= 15 is 0 Å². The molecule has 0 fully saturated rings. The van der Waals surface area contributed by atoms with Crippen molar-refractivity contribution in [1.29, 1.82) is 0 Å². The summed E-state index contributed by atoms with van der Waals surface area (Å²) in [6, 6.07) is 1.37. The largest absolute Gasteiger partial charge is 0.467 e. The molecule has 1 aromatic carbocycles. The lowest BCUT2D eigenvalue weighted by Gasteiger charge is -2.18. The van der Waals surface area contributed by atoms with Crippen LogP contribution >= 0.6 is 0 Å². The maximum absolute atomic E-state index is 13.8. The van der Waals surface area contributed by atoms with E-state index in [0.29, 0.717) is 0 Å². The Hall–Kier alpha value is -2.24. The molecule has 118 valence electrons. The van der Waals surface area contributed by atoms with E-state index in [0.717, 1.165) is 38.2 Å². The van der Waals surface area contributed by atoms with Gasteiger partial charge in [-0.3, -0.25) is 4.79 Å². The summed E-state index contributed by atoms with van der Waals surface area (Å²) in [6.45, 7) is 0. The molecule has 2 atom stereocenters. The second kappa shape index (κ2) is 7.15. The number of methoxy groups -OCH3 is 1. The highest BCUT2D eigenvalue weighted by Gasteiger charge is 2.27. The van der Waals surface area contributed by atoms with Gasteiger partial charge in [0.1, 0.15) is 11.6 Å². The van der Waals surface area contributed by atoms with Crippen LogP contribution in [0.4, 0.5) is 8.78 Å². The minimum Gasteiger partial charge on any atom is -0.467 e. The lowest BCUT2D eigenvalue weighted by atomic mass is 10.0. The fourth-order valence-electron chi connectivity index (χ4n) is 2.44. The Morgan fingerprint density at radius 2 is 2.18 bits per heavy atom. The van der Waals surface area contributed by atoms with Gasteiger partial charge < -0.3 is 10.1 Å². The van der Waals surface area contributed by atoms with Gasteiger partial charge in [0.05, 0.1) is 7.11 Å². The predicted molar refractivity (Wildman–Crippen MR) is 75.7 cm³/mol. The molecule has 0 bridgehead atoms. The smallest absolute Gasteiger partial charge is 0.333 e. The Balaban J connectivity index is 2.15. The van der Waals surface area contributed by atoms with Gasteiger partial charge in [0.2, 0.25) is 5.91 Å². The van der Waals surface area contributed by atoms with Crippen molar-refractivity contribution in [2.75, 3.05) is 7.11 Å². The van der Waals surface area contributed by atoms with Crippen LogP contribution in [0.2, 0.25) is 0 Å². The molecule has 0 heterocycles. The van der Waals surface area contributed by atoms with Crippen molar-refractivity contribution >= 4 is 11.9 Å². The molecular formula is C16H17F2NO3. The summed E-state index contributed by atoms with van der Waals surface area (Å²) in [4.78, 5) is 23.8. The van der Waals surface area contributed by atoms with Crippen LogP contribution in [0.5, 0.6) is 0 Å². The van der Waals surface area contributed by atoms with Gasteiger partial charge in [-0.15, -0.1) is 0 Å². The van der Waals surface area contributed by atoms with Crippen molar-refractivity contribution < 1.29 is 23.1 Å². The molecule has 1 amide bonds. The molecule has 6 heteroatoms. The van der Waals surface area contributed by atoms with E-state index in [2.05, 4.69) is 10.1 Å². The first-order valence-electron chi connectivity index (χ1n) is 7.00. The first-order chi connectivity index (χ1) is 10.5. The first-order valence-corrected chi connectivity index (χ1v) is 7.00. The number of amides is 1. The summed E-state index contributed by atoms with van der Waals surface area (Å²) in [6.07, 6.45) is 5.90. The van der Waals surface area contributed by atoms with Crippen molar-refractivity contribution in [2.45, 2.75) is 25.3 Å². The number of nitrogens with one attached hydrogen (secondary N) is 1. The van der Waals surface area contributed by atoms with Crippen molar-refractivity contribution in [3.63, 3.8) is 0 Å². The third kappa shape index (κ3) is 3.90. The average molecular weight is 309 g/mol. The summed E-state index contributed by atoms with van der Waals surface area (Å²) < 4.78 is 31.7. The fraction of sp³-hybridized carbons (Fsp3) is 0.375. The minimum atomic E-state index is -1.36. The normalized spacial score (nSPS) is 18.0. The van der Waals surface area contributed by atoms with Crippen molar-refractivity contribution in [3.8, 4) is 0 Å². The molecule has 2 unspecified atom stereocenters. The SMILES string of the molecule is COC(=O)C(NC(=O)CC1C=CCC1)c1cc(F)ccc1F. The number of benzene rings is 1. The summed E-state index contributed by atoms with van der Waals surface area (Å²) in [5.41, 5.74) is -0.248. The molecule has 0 saturated carbocycles. The summed E-state index contributed by atoms with van der Waals surface area (Å²) in [5.74, 6) is -2.62. The van der Waals surface area contributed by atoms with Crippen LogP contribution in [0.15, 0.2) is 30.4 Å². The second-order valence-corrected chi connectivity index (χ2v) is 5.16. The summed E-state index contributed by atoms with van der Waals surface area (Å²) in [5, 5.41) is 2.42. The van der Waals surface area contributed by atoms with Gasteiger partial charge in [-0.05, 0) is 37.0 Å². The number of carbonyl (C=O) groups is 2. The minimum absolute atomic E-state index is 0.107. The van der Waals surface area contributed by atoms with Crippen molar-refractivity contribution in [2.24, 2.45) is 5.92 Å². The van der Waals surface area contributed by atoms with E-state index in [9.17, 15) is 18.4 Å². The van der Waals surface area contributed by atoms with Crippen LogP contribution in [0.1, 0.15) is 30.9 Å². The van der Waals surface area contributed by atoms with E-state index < -0.39 is 29.6 Å². The number of halogens is 2. The molecule has 0 radical (unpaired) electrons. The number of hydrogen-bond acceptors (Lipinski definition) is 3. The van der Waals surface area contributed by atoms with E-state index in [1.807, 2.05) is 12.2 Å². The van der Waals surface area contributed by atoms with Crippen molar-refractivity contribution in [3.05, 3.63) is 47.5 Å². The standard InChI is InChI=1S/C16H17F2NO3/c1-22-16(21)15(12-9-11(17)6-7-13(12)18)19-14(20)8-10-4-2-3-5-10/h2,4,6-7,9-10,15H,3,5,8H2,1H3,(H,19,20). The average Bonchev–Trinajstić information content (AvgIpc) is 2.99. The van der Waals surface area contributed by atoms with Gasteiger partial charge in [-0.2, -0.15) is 0 Å². The number of allylic oxidation sites excluding steroid dienone is 2. The molecule has 2 rings (SSSR count). The van der Waals surface area contributed by atoms with Gasteiger partial charge >= 0.3 is 5.97 Å². The maximum atomic E-state index is 13.8. The van der Waals surface area contributed by atoms with Gasteiger partial charge in [-0.1, -0.05) is 12.2 Å². The Morgan fingerprint density at radius 3 is 2.82 bits per heavy atom. The van der Waals surface area contributed by atoms with Crippen LogP contribution in [0.25, 0.3) is 0 Å². The Bertz CT molecular complexity index is 601. The highest BCUT2D eigenvalue weighted by Crippen LogP contribution is 2.23. The van der Waals surface area contributed by atoms with Gasteiger partial charge in [0, 0.05) is 12.0 Å². The Labute approximate surface area is 127 Å². The van der Waals surface area contributed by atoms with Crippen LogP contribution in [-0.4, -0.2) is 19.0 Å². The van der Waals surface area contributed by atoms with Gasteiger partial charge in [0.15, 0.2) is 6.04 Å². The molecule has 4 nitrogen and oxygen atoms in total. The van der Waals surface area contributed by atoms with Crippen LogP contribution in [0, 0.1) is 17.6 Å². The van der Waals surface area contributed by atoms with Crippen LogP contribution in [0.3, 0.4) is 0 Å². The number of ether oxygens (including phenoxy) is 1. The maximum Gasteiger partial charge on any atom is 0.333 e. The third-order valence-corrected chi connectivity index (χ3v) is 3.57. The number of carbonyl (C=O) groups excluding carboxylic acids is 2. The predicted octanol–water partition coefficient (Wildman–Crippen LogP) is 2.65. The second-order valence-electron chi connectivity index (χ2n) is 5.16. The van der Waals surface area contributed by atoms with Crippen LogP contribution in [-0.2, 0) is 14.3 Å². The summed E-state index contributed by atoms with van der Waals surface area (Å²) in [7, 11) is 1.12. The Kier molecular flexibility index (Phi) is 5.25. The topological polar surface area (TPSA) is 55.4 Å². The number of esters is 1. The summed E-state index contributed by atoms with van der Waals surface area (Å²) >= 11 is 0. The molecule has 1 aromatic rings. The zero-order chi connectivity index (χ0) is 16.1. The number of rotatable bonds is 5. The monoisotopic (exact) mass is 309 g/mol. The van der Waals surface area contributed by atoms with E-state index in [-0.39, 0.29) is 17.9 Å². The molecule has 1 aliphatic carbocycles. The molecule has 1 N–H and O–H groups in total. The van der Waals surface area contributed by atoms with E-state index in [1.54, 1.807) is 0 Å².